The first-order chi connectivity index (χ1) is 5.57. The maximum atomic E-state index is 12.0. The summed E-state index contributed by atoms with van der Waals surface area (Å²) in [5, 5.41) is 35.8. The predicted molar refractivity (Wildman–Crippen MR) is 34.9 cm³/mol. The van der Waals surface area contributed by atoms with Gasteiger partial charge >= 0.3 is 0 Å². The SMILES string of the molecule is OC1O[C@H](CF)[C@@H](O)[C@H](O)[C@H]1O. The normalized spacial score (nSPS) is 49.2. The van der Waals surface area contributed by atoms with Crippen LogP contribution in [0.4, 0.5) is 4.39 Å². The summed E-state index contributed by atoms with van der Waals surface area (Å²) in [6.45, 7) is -1.03. The number of hydrogen-bond acceptors (Lipinski definition) is 5. The van der Waals surface area contributed by atoms with Crippen molar-refractivity contribution in [3.05, 3.63) is 0 Å². The number of rotatable bonds is 1. The number of aliphatic hydroxyl groups is 4. The lowest BCUT2D eigenvalue weighted by Crippen LogP contribution is -2.58. The zero-order chi connectivity index (χ0) is 9.30. The van der Waals surface area contributed by atoms with E-state index in [0.717, 1.165) is 0 Å². The zero-order valence-electron chi connectivity index (χ0n) is 6.17. The average molecular weight is 182 g/mol. The van der Waals surface area contributed by atoms with Gasteiger partial charge in [0, 0.05) is 0 Å². The van der Waals surface area contributed by atoms with Gasteiger partial charge in [-0.05, 0) is 0 Å². The van der Waals surface area contributed by atoms with Crippen LogP contribution in [-0.4, -0.2) is 57.8 Å². The van der Waals surface area contributed by atoms with E-state index in [9.17, 15) is 4.39 Å². The van der Waals surface area contributed by atoms with Gasteiger partial charge in [-0.25, -0.2) is 4.39 Å². The molecule has 0 aromatic carbocycles. The van der Waals surface area contributed by atoms with Crippen LogP contribution in [0.2, 0.25) is 0 Å². The van der Waals surface area contributed by atoms with Crippen molar-refractivity contribution < 1.29 is 29.6 Å². The van der Waals surface area contributed by atoms with E-state index >= 15 is 0 Å². The van der Waals surface area contributed by atoms with Crippen molar-refractivity contribution in [1.29, 1.82) is 0 Å². The van der Waals surface area contributed by atoms with Crippen LogP contribution in [0, 0.1) is 0 Å². The molecule has 72 valence electrons. The monoisotopic (exact) mass is 182 g/mol. The van der Waals surface area contributed by atoms with Gasteiger partial charge < -0.3 is 25.2 Å². The fraction of sp³-hybridized carbons (Fsp3) is 1.00. The molecule has 0 aliphatic carbocycles. The van der Waals surface area contributed by atoms with Crippen molar-refractivity contribution in [2.45, 2.75) is 30.7 Å². The second kappa shape index (κ2) is 3.63. The second-order valence-corrected chi connectivity index (χ2v) is 2.69. The molecule has 1 unspecified atom stereocenters. The molecule has 0 aromatic heterocycles. The Hall–Kier alpha value is -0.270. The summed E-state index contributed by atoms with van der Waals surface area (Å²) in [7, 11) is 0. The zero-order valence-corrected chi connectivity index (χ0v) is 6.17. The number of halogens is 1. The number of ether oxygens (including phenoxy) is 1. The first-order valence-electron chi connectivity index (χ1n) is 3.51. The van der Waals surface area contributed by atoms with Gasteiger partial charge in [-0.1, -0.05) is 0 Å². The quantitative estimate of drug-likeness (QED) is 0.368. The molecular formula is C6H11FO5. The van der Waals surface area contributed by atoms with E-state index in [0.29, 0.717) is 0 Å². The van der Waals surface area contributed by atoms with E-state index in [4.69, 9.17) is 20.4 Å². The second-order valence-electron chi connectivity index (χ2n) is 2.69. The Bertz CT molecular complexity index is 150. The first kappa shape index (κ1) is 9.82. The van der Waals surface area contributed by atoms with Crippen LogP contribution in [0.25, 0.3) is 0 Å². The summed E-state index contributed by atoms with van der Waals surface area (Å²) in [4.78, 5) is 0. The lowest BCUT2D eigenvalue weighted by molar-refractivity contribution is -0.283. The third kappa shape index (κ3) is 1.57. The van der Waals surface area contributed by atoms with Crippen LogP contribution in [0.5, 0.6) is 0 Å². The van der Waals surface area contributed by atoms with Crippen molar-refractivity contribution in [1.82, 2.24) is 0 Å². The molecule has 1 fully saturated rings. The Labute approximate surface area is 68.0 Å². The Morgan fingerprint density at radius 3 is 2.08 bits per heavy atom. The van der Waals surface area contributed by atoms with Gasteiger partial charge in [0.1, 0.15) is 31.1 Å². The maximum Gasteiger partial charge on any atom is 0.184 e. The number of hydrogen-bond donors (Lipinski definition) is 4. The smallest absolute Gasteiger partial charge is 0.184 e. The minimum absolute atomic E-state index is 1.03. The molecule has 0 radical (unpaired) electrons. The van der Waals surface area contributed by atoms with Gasteiger partial charge in [0.05, 0.1) is 0 Å². The highest BCUT2D eigenvalue weighted by Crippen LogP contribution is 2.19. The van der Waals surface area contributed by atoms with Gasteiger partial charge in [-0.3, -0.25) is 0 Å². The molecule has 1 aliphatic heterocycles. The molecule has 5 nitrogen and oxygen atoms in total. The molecule has 0 saturated carbocycles. The van der Waals surface area contributed by atoms with Gasteiger partial charge in [-0.15, -0.1) is 0 Å². The molecule has 6 heteroatoms. The fourth-order valence-corrected chi connectivity index (χ4v) is 1.06. The Balaban J connectivity index is 2.63. The molecular weight excluding hydrogens is 171 g/mol. The first-order valence-corrected chi connectivity index (χ1v) is 3.51. The topological polar surface area (TPSA) is 90.2 Å². The largest absolute Gasteiger partial charge is 0.387 e. The van der Waals surface area contributed by atoms with Crippen LogP contribution in [0.1, 0.15) is 0 Å². The number of aliphatic hydroxyl groups excluding tert-OH is 4. The molecule has 0 spiro atoms. The van der Waals surface area contributed by atoms with E-state index in [-0.39, 0.29) is 0 Å². The minimum atomic E-state index is -1.65. The third-order valence-electron chi connectivity index (χ3n) is 1.84. The standard InChI is InChI=1S/C6H11FO5/c7-1-2-3(8)4(9)5(10)6(11)12-2/h2-6,8-11H,1H2/t2-,3-,4+,5-,6?/m1/s1. The van der Waals surface area contributed by atoms with Gasteiger partial charge in [-0.2, -0.15) is 0 Å². The van der Waals surface area contributed by atoms with E-state index in [1.807, 2.05) is 0 Å². The molecule has 1 rings (SSSR count). The molecule has 0 bridgehead atoms. The highest BCUT2D eigenvalue weighted by atomic mass is 19.1. The third-order valence-corrected chi connectivity index (χ3v) is 1.84. The van der Waals surface area contributed by atoms with E-state index in [1.54, 1.807) is 0 Å². The van der Waals surface area contributed by atoms with Crippen molar-refractivity contribution in [3.8, 4) is 0 Å². The lowest BCUT2D eigenvalue weighted by atomic mass is 10.00. The molecule has 0 aromatic rings. The molecule has 1 aliphatic rings. The lowest BCUT2D eigenvalue weighted by Gasteiger charge is -2.37. The summed E-state index contributed by atoms with van der Waals surface area (Å²) < 4.78 is 16.5. The van der Waals surface area contributed by atoms with Crippen molar-refractivity contribution in [3.63, 3.8) is 0 Å². The molecule has 4 N–H and O–H groups in total. The molecule has 12 heavy (non-hydrogen) atoms. The minimum Gasteiger partial charge on any atom is -0.387 e. The summed E-state index contributed by atoms with van der Waals surface area (Å²) >= 11 is 0. The molecule has 0 amide bonds. The maximum absolute atomic E-state index is 12.0. The van der Waals surface area contributed by atoms with Crippen molar-refractivity contribution >= 4 is 0 Å². The highest BCUT2D eigenvalue weighted by Gasteiger charge is 2.42. The Kier molecular flexibility index (Phi) is 2.97. The van der Waals surface area contributed by atoms with Crippen molar-refractivity contribution in [2.75, 3.05) is 6.67 Å². The summed E-state index contributed by atoms with van der Waals surface area (Å²) in [5.41, 5.74) is 0. The van der Waals surface area contributed by atoms with Gasteiger partial charge in [0.25, 0.3) is 0 Å². The Morgan fingerprint density at radius 2 is 1.58 bits per heavy atom. The Morgan fingerprint density at radius 1 is 1.00 bits per heavy atom. The van der Waals surface area contributed by atoms with E-state index < -0.39 is 37.4 Å². The predicted octanol–water partition coefficient (Wildman–Crippen LogP) is -2.24. The number of alkyl halides is 1. The van der Waals surface area contributed by atoms with Crippen LogP contribution in [0.15, 0.2) is 0 Å². The summed E-state index contributed by atoms with van der Waals surface area (Å²) in [6, 6.07) is 0. The average Bonchev–Trinajstić information content (AvgIpc) is 2.08. The molecule has 1 saturated heterocycles. The van der Waals surface area contributed by atoms with Gasteiger partial charge in [0.2, 0.25) is 0 Å². The molecule has 1 heterocycles. The summed E-state index contributed by atoms with van der Waals surface area (Å²) in [6.07, 6.45) is -7.60. The summed E-state index contributed by atoms with van der Waals surface area (Å²) in [5.74, 6) is 0. The van der Waals surface area contributed by atoms with Crippen molar-refractivity contribution in [2.24, 2.45) is 0 Å². The van der Waals surface area contributed by atoms with Crippen LogP contribution in [0.3, 0.4) is 0 Å². The fourth-order valence-electron chi connectivity index (χ4n) is 1.06. The van der Waals surface area contributed by atoms with Crippen LogP contribution < -0.4 is 0 Å². The highest BCUT2D eigenvalue weighted by molar-refractivity contribution is 4.88. The van der Waals surface area contributed by atoms with Crippen LogP contribution in [-0.2, 0) is 4.74 Å². The molecule has 5 atom stereocenters. The van der Waals surface area contributed by atoms with E-state index in [2.05, 4.69) is 4.74 Å². The van der Waals surface area contributed by atoms with Gasteiger partial charge in [0.15, 0.2) is 6.29 Å². The van der Waals surface area contributed by atoms with Crippen LogP contribution >= 0.6 is 0 Å². The van der Waals surface area contributed by atoms with E-state index in [1.165, 1.54) is 0 Å².